The summed E-state index contributed by atoms with van der Waals surface area (Å²) >= 11 is 0. The third kappa shape index (κ3) is 4.01. The molecular formula is C17H34O5. The Morgan fingerprint density at radius 1 is 1.05 bits per heavy atom. The molecule has 5 atom stereocenters. The zero-order valence-electron chi connectivity index (χ0n) is 14.7. The average Bonchev–Trinajstić information content (AvgIpc) is 2.55. The van der Waals surface area contributed by atoms with E-state index >= 15 is 0 Å². The molecule has 1 aliphatic rings. The van der Waals surface area contributed by atoms with Gasteiger partial charge in [0.05, 0.1) is 18.8 Å². The molecule has 1 heterocycles. The second-order valence-electron chi connectivity index (χ2n) is 6.66. The van der Waals surface area contributed by atoms with Crippen LogP contribution in [0.5, 0.6) is 0 Å². The fraction of sp³-hybridized carbons (Fsp3) is 1.00. The van der Waals surface area contributed by atoms with Gasteiger partial charge in [-0.05, 0) is 31.1 Å². The molecule has 1 fully saturated rings. The van der Waals surface area contributed by atoms with Crippen molar-refractivity contribution in [3.8, 4) is 0 Å². The fourth-order valence-corrected chi connectivity index (χ4v) is 3.19. The first kappa shape index (κ1) is 19.8. The summed E-state index contributed by atoms with van der Waals surface area (Å²) in [5.41, 5.74) is -0.242. The Labute approximate surface area is 134 Å². The largest absolute Gasteiger partial charge is 0.394 e. The van der Waals surface area contributed by atoms with Crippen molar-refractivity contribution < 1.29 is 24.8 Å². The highest BCUT2D eigenvalue weighted by atomic mass is 16.6. The van der Waals surface area contributed by atoms with E-state index in [1.807, 2.05) is 34.6 Å². The molecule has 0 amide bonds. The number of hydrogen-bond donors (Lipinski definition) is 3. The predicted molar refractivity (Wildman–Crippen MR) is 85.7 cm³/mol. The van der Waals surface area contributed by atoms with Gasteiger partial charge >= 0.3 is 0 Å². The minimum Gasteiger partial charge on any atom is -0.394 e. The second kappa shape index (κ2) is 8.60. The van der Waals surface area contributed by atoms with Gasteiger partial charge in [-0.25, -0.2) is 0 Å². The standard InChI is InChI=1S/C17H34O5/c1-6-11(7-2)21-15-12(10-18)22-16(14(20)13(15)19)17(5,8-3)9-4/h11-16,18-20H,6-10H2,1-5H3. The van der Waals surface area contributed by atoms with Crippen molar-refractivity contribution in [3.05, 3.63) is 0 Å². The van der Waals surface area contributed by atoms with Crippen molar-refractivity contribution >= 4 is 0 Å². The molecular weight excluding hydrogens is 284 g/mol. The van der Waals surface area contributed by atoms with Crippen LogP contribution in [0.25, 0.3) is 0 Å². The van der Waals surface area contributed by atoms with Crippen LogP contribution in [-0.2, 0) is 9.47 Å². The van der Waals surface area contributed by atoms with Gasteiger partial charge in [0.2, 0.25) is 0 Å². The van der Waals surface area contributed by atoms with E-state index < -0.39 is 30.5 Å². The number of rotatable bonds is 8. The van der Waals surface area contributed by atoms with Gasteiger partial charge in [-0.3, -0.25) is 0 Å². The van der Waals surface area contributed by atoms with Crippen LogP contribution in [0.3, 0.4) is 0 Å². The number of ether oxygens (including phenoxy) is 2. The van der Waals surface area contributed by atoms with Gasteiger partial charge in [-0.2, -0.15) is 0 Å². The molecule has 5 nitrogen and oxygen atoms in total. The van der Waals surface area contributed by atoms with Crippen LogP contribution in [-0.4, -0.2) is 58.6 Å². The van der Waals surface area contributed by atoms with Gasteiger partial charge in [0.1, 0.15) is 24.4 Å². The van der Waals surface area contributed by atoms with Gasteiger partial charge in [0.15, 0.2) is 0 Å². The van der Waals surface area contributed by atoms with Crippen molar-refractivity contribution in [1.29, 1.82) is 0 Å². The fourth-order valence-electron chi connectivity index (χ4n) is 3.19. The number of hydrogen-bond acceptors (Lipinski definition) is 5. The highest BCUT2D eigenvalue weighted by Crippen LogP contribution is 2.39. The van der Waals surface area contributed by atoms with E-state index in [-0.39, 0.29) is 18.1 Å². The van der Waals surface area contributed by atoms with Crippen LogP contribution in [0.1, 0.15) is 60.3 Å². The molecule has 0 radical (unpaired) electrons. The van der Waals surface area contributed by atoms with Gasteiger partial charge in [0, 0.05) is 0 Å². The Kier molecular flexibility index (Phi) is 7.75. The molecule has 0 aromatic carbocycles. The normalized spacial score (nSPS) is 33.4. The van der Waals surface area contributed by atoms with Crippen molar-refractivity contribution in [2.75, 3.05) is 6.61 Å². The minimum atomic E-state index is -1.05. The second-order valence-corrected chi connectivity index (χ2v) is 6.66. The molecule has 3 N–H and O–H groups in total. The van der Waals surface area contributed by atoms with Crippen molar-refractivity contribution in [2.24, 2.45) is 5.41 Å². The summed E-state index contributed by atoms with van der Waals surface area (Å²) in [6, 6.07) is 0. The lowest BCUT2D eigenvalue weighted by Crippen LogP contribution is -2.63. The first-order chi connectivity index (χ1) is 10.4. The molecule has 22 heavy (non-hydrogen) atoms. The van der Waals surface area contributed by atoms with Crippen LogP contribution in [0.15, 0.2) is 0 Å². The summed E-state index contributed by atoms with van der Waals surface area (Å²) in [7, 11) is 0. The van der Waals surface area contributed by atoms with E-state index in [4.69, 9.17) is 9.47 Å². The van der Waals surface area contributed by atoms with Gasteiger partial charge in [-0.1, -0.05) is 34.6 Å². The molecule has 5 unspecified atom stereocenters. The molecule has 5 heteroatoms. The molecule has 0 bridgehead atoms. The van der Waals surface area contributed by atoms with E-state index in [0.29, 0.717) is 0 Å². The third-order valence-electron chi connectivity index (χ3n) is 5.43. The molecule has 132 valence electrons. The highest BCUT2D eigenvalue weighted by molar-refractivity contribution is 4.99. The van der Waals surface area contributed by atoms with Gasteiger partial charge in [0.25, 0.3) is 0 Å². The predicted octanol–water partition coefficient (Wildman–Crippen LogP) is 1.87. The molecule has 0 saturated carbocycles. The maximum Gasteiger partial charge on any atom is 0.115 e. The van der Waals surface area contributed by atoms with Gasteiger partial charge < -0.3 is 24.8 Å². The topological polar surface area (TPSA) is 79.2 Å². The van der Waals surface area contributed by atoms with Crippen LogP contribution in [0.2, 0.25) is 0 Å². The molecule has 0 aromatic rings. The lowest BCUT2D eigenvalue weighted by molar-refractivity contribution is -0.273. The lowest BCUT2D eigenvalue weighted by atomic mass is 9.73. The van der Waals surface area contributed by atoms with Crippen molar-refractivity contribution in [2.45, 2.75) is 96.9 Å². The first-order valence-electron chi connectivity index (χ1n) is 8.66. The van der Waals surface area contributed by atoms with Crippen molar-refractivity contribution in [3.63, 3.8) is 0 Å². The van der Waals surface area contributed by atoms with Crippen LogP contribution in [0.4, 0.5) is 0 Å². The van der Waals surface area contributed by atoms with Crippen molar-refractivity contribution in [1.82, 2.24) is 0 Å². The molecule has 0 spiro atoms. The number of aliphatic hydroxyl groups excluding tert-OH is 3. The summed E-state index contributed by atoms with van der Waals surface area (Å²) in [6.45, 7) is 9.95. The summed E-state index contributed by atoms with van der Waals surface area (Å²) in [5, 5.41) is 30.7. The van der Waals surface area contributed by atoms with Crippen LogP contribution >= 0.6 is 0 Å². The van der Waals surface area contributed by atoms with E-state index in [1.54, 1.807) is 0 Å². The molecule has 0 aromatic heterocycles. The summed E-state index contributed by atoms with van der Waals surface area (Å²) in [4.78, 5) is 0. The maximum absolute atomic E-state index is 10.5. The minimum absolute atomic E-state index is 0.00946. The lowest BCUT2D eigenvalue weighted by Gasteiger charge is -2.49. The van der Waals surface area contributed by atoms with E-state index in [0.717, 1.165) is 25.7 Å². The SMILES string of the molecule is CCC(CC)OC1C(CO)OC(C(C)(CC)CC)C(O)C1O. The molecule has 0 aliphatic carbocycles. The Bertz CT molecular complexity index is 312. The van der Waals surface area contributed by atoms with E-state index in [2.05, 4.69) is 0 Å². The maximum atomic E-state index is 10.5. The quantitative estimate of drug-likeness (QED) is 0.637. The van der Waals surface area contributed by atoms with E-state index in [1.165, 1.54) is 0 Å². The molecule has 1 rings (SSSR count). The third-order valence-corrected chi connectivity index (χ3v) is 5.43. The summed E-state index contributed by atoms with van der Waals surface area (Å²) in [6.07, 6.45) is -0.581. The summed E-state index contributed by atoms with van der Waals surface area (Å²) < 4.78 is 11.9. The van der Waals surface area contributed by atoms with Crippen LogP contribution < -0.4 is 0 Å². The van der Waals surface area contributed by atoms with Gasteiger partial charge in [-0.15, -0.1) is 0 Å². The average molecular weight is 318 g/mol. The Hall–Kier alpha value is -0.200. The molecule has 1 aliphatic heterocycles. The first-order valence-corrected chi connectivity index (χ1v) is 8.66. The monoisotopic (exact) mass is 318 g/mol. The molecule has 1 saturated heterocycles. The Morgan fingerprint density at radius 2 is 1.59 bits per heavy atom. The summed E-state index contributed by atoms with van der Waals surface area (Å²) in [5.74, 6) is 0. The zero-order chi connectivity index (χ0) is 16.9. The Morgan fingerprint density at radius 3 is 2.00 bits per heavy atom. The highest BCUT2D eigenvalue weighted by Gasteiger charge is 2.50. The van der Waals surface area contributed by atoms with Crippen LogP contribution in [0, 0.1) is 5.41 Å². The number of aliphatic hydroxyl groups is 3. The Balaban J connectivity index is 2.95. The zero-order valence-corrected chi connectivity index (χ0v) is 14.7. The van der Waals surface area contributed by atoms with E-state index in [9.17, 15) is 15.3 Å². The smallest absolute Gasteiger partial charge is 0.115 e.